The summed E-state index contributed by atoms with van der Waals surface area (Å²) >= 11 is 1.81. The molecule has 5 heteroatoms. The van der Waals surface area contributed by atoms with Crippen LogP contribution in [0.4, 0.5) is 0 Å². The van der Waals surface area contributed by atoms with E-state index in [1.54, 1.807) is 31.3 Å². The van der Waals surface area contributed by atoms with Gasteiger partial charge in [0.15, 0.2) is 0 Å². The summed E-state index contributed by atoms with van der Waals surface area (Å²) in [5.74, 6) is 0.323. The maximum absolute atomic E-state index is 9.13. The van der Waals surface area contributed by atoms with Crippen molar-refractivity contribution >= 4 is 64.8 Å². The van der Waals surface area contributed by atoms with Gasteiger partial charge >= 0.3 is 26.8 Å². The number of fused-ring (bicyclic) bond motifs is 4. The second-order valence-corrected chi connectivity index (χ2v) is 10.8. The van der Waals surface area contributed by atoms with E-state index in [0.717, 1.165) is 10.8 Å². The van der Waals surface area contributed by atoms with Crippen molar-refractivity contribution in [2.45, 2.75) is 52.4 Å². The van der Waals surface area contributed by atoms with Crippen molar-refractivity contribution in [2.24, 2.45) is 0 Å². The third kappa shape index (κ3) is 9.21. The molecular formula is C33H41Cl2OSiTi-3. The molecule has 0 aliphatic heterocycles. The van der Waals surface area contributed by atoms with E-state index in [-0.39, 0.29) is 50.5 Å². The maximum atomic E-state index is 9.13. The van der Waals surface area contributed by atoms with Gasteiger partial charge in [-0.15, -0.1) is 64.6 Å². The SMILES string of the molecule is CC(C)(C)c1ccc2[cH-]c3ccc(C(C)(C)C)cc3c2c1.Cl.Cl.Oc1ccc2ccccc2c1.[CH3-].[CH3-].[Si]=[Ti]. The van der Waals surface area contributed by atoms with Crippen molar-refractivity contribution in [1.82, 2.24) is 0 Å². The van der Waals surface area contributed by atoms with Gasteiger partial charge in [-0.2, -0.15) is 0 Å². The van der Waals surface area contributed by atoms with Crippen molar-refractivity contribution in [3.8, 4) is 5.75 Å². The summed E-state index contributed by atoms with van der Waals surface area (Å²) < 4.78 is 0. The van der Waals surface area contributed by atoms with E-state index in [0.29, 0.717) is 5.75 Å². The van der Waals surface area contributed by atoms with E-state index < -0.39 is 0 Å². The Labute approximate surface area is 256 Å². The summed E-state index contributed by atoms with van der Waals surface area (Å²) in [5.41, 5.74) is 3.20. The van der Waals surface area contributed by atoms with Crippen LogP contribution in [0.3, 0.4) is 0 Å². The molecule has 0 saturated heterocycles. The van der Waals surface area contributed by atoms with Crippen molar-refractivity contribution in [1.29, 1.82) is 0 Å². The number of hydrogen-bond donors (Lipinski definition) is 1. The summed E-state index contributed by atoms with van der Waals surface area (Å²) in [4.78, 5) is 0. The van der Waals surface area contributed by atoms with Gasteiger partial charge in [-0.3, -0.25) is 0 Å². The van der Waals surface area contributed by atoms with E-state index in [4.69, 9.17) is 5.11 Å². The predicted molar refractivity (Wildman–Crippen MR) is 173 cm³/mol. The zero-order valence-electron chi connectivity index (χ0n) is 23.8. The molecular weight excluding hydrogens is 559 g/mol. The van der Waals surface area contributed by atoms with Crippen LogP contribution in [-0.4, -0.2) is 12.7 Å². The van der Waals surface area contributed by atoms with Crippen LogP contribution in [0.5, 0.6) is 5.75 Å². The van der Waals surface area contributed by atoms with Gasteiger partial charge in [0, 0.05) is 0 Å². The first-order valence-corrected chi connectivity index (χ1v) is 14.4. The first-order chi connectivity index (χ1) is 16.0. The number of rotatable bonds is 0. The Hall–Kier alpha value is -1.68. The molecule has 5 aromatic carbocycles. The van der Waals surface area contributed by atoms with Crippen LogP contribution in [0, 0.1) is 14.9 Å². The third-order valence-electron chi connectivity index (χ3n) is 6.17. The fourth-order valence-electron chi connectivity index (χ4n) is 4.11. The van der Waals surface area contributed by atoms with Crippen molar-refractivity contribution in [3.05, 3.63) is 111 Å². The number of phenols is 1. The fourth-order valence-corrected chi connectivity index (χ4v) is 4.11. The Balaban J connectivity index is 0. The molecule has 2 radical (unpaired) electrons. The van der Waals surface area contributed by atoms with Gasteiger partial charge in [-0.25, -0.2) is 0 Å². The van der Waals surface area contributed by atoms with Crippen molar-refractivity contribution in [2.75, 3.05) is 0 Å². The quantitative estimate of drug-likeness (QED) is 0.139. The molecule has 1 N–H and O–H groups in total. The minimum absolute atomic E-state index is 0. The molecule has 0 fully saturated rings. The molecule has 0 heterocycles. The minimum atomic E-state index is 0. The van der Waals surface area contributed by atoms with Crippen LogP contribution in [0.2, 0.25) is 0 Å². The van der Waals surface area contributed by atoms with Gasteiger partial charge in [0.05, 0.1) is 0 Å². The standard InChI is InChI=1S/C21H25.C10H8O.2CH3.2ClH.Si.Ti/c1-20(2,3)16-9-7-14-11-15-8-10-17(21(4,5)6)13-19(15)18(14)12-16;11-10-6-5-8-3-1-2-4-9(8)7-10;;;;;;/h7-13H,1-6H3;1-7,11H;2*1H3;2*1H;;/q-1;;2*-1;;;;. The molecule has 0 aromatic heterocycles. The number of benzene rings is 4. The number of hydrogen-bond acceptors (Lipinski definition) is 1. The van der Waals surface area contributed by atoms with Crippen LogP contribution in [-0.2, 0) is 30.0 Å². The number of halogens is 2. The van der Waals surface area contributed by atoms with Crippen LogP contribution in [0.25, 0.3) is 32.3 Å². The Kier molecular flexibility index (Phi) is 16.0. The van der Waals surface area contributed by atoms with Gasteiger partial charge in [0.25, 0.3) is 0 Å². The Morgan fingerprint density at radius 3 is 1.45 bits per heavy atom. The fraction of sp³-hybridized carbons (Fsp3) is 0.242. The Morgan fingerprint density at radius 2 is 1.03 bits per heavy atom. The normalized spacial score (nSPS) is 10.3. The molecule has 5 aromatic rings. The topological polar surface area (TPSA) is 20.2 Å². The average Bonchev–Trinajstić information content (AvgIpc) is 3.17. The van der Waals surface area contributed by atoms with E-state index in [2.05, 4.69) is 91.6 Å². The second-order valence-electron chi connectivity index (χ2n) is 10.8. The monoisotopic (exact) mass is 599 g/mol. The van der Waals surface area contributed by atoms with Crippen LogP contribution >= 0.6 is 24.8 Å². The van der Waals surface area contributed by atoms with Crippen LogP contribution < -0.4 is 0 Å². The summed E-state index contributed by atoms with van der Waals surface area (Å²) in [5, 5.41) is 16.9. The molecule has 5 rings (SSSR count). The third-order valence-corrected chi connectivity index (χ3v) is 6.17. The van der Waals surface area contributed by atoms with Crippen molar-refractivity contribution in [3.63, 3.8) is 0 Å². The van der Waals surface area contributed by atoms with E-state index in [9.17, 15) is 0 Å². The van der Waals surface area contributed by atoms with E-state index in [1.807, 2.05) is 30.3 Å². The van der Waals surface area contributed by atoms with E-state index in [1.165, 1.54) is 32.7 Å². The second kappa shape index (κ2) is 15.8. The number of aromatic hydroxyl groups is 1. The molecule has 0 bridgehead atoms. The van der Waals surface area contributed by atoms with Gasteiger partial charge < -0.3 is 20.0 Å². The molecule has 0 saturated carbocycles. The zero-order valence-corrected chi connectivity index (χ0v) is 28.0. The summed E-state index contributed by atoms with van der Waals surface area (Å²) in [6, 6.07) is 29.5. The molecule has 0 spiro atoms. The molecule has 0 atom stereocenters. The van der Waals surface area contributed by atoms with Crippen LogP contribution in [0.1, 0.15) is 52.7 Å². The first-order valence-electron chi connectivity index (χ1n) is 11.6. The van der Waals surface area contributed by atoms with Gasteiger partial charge in [-0.1, -0.05) is 107 Å². The molecule has 0 amide bonds. The molecule has 0 aliphatic carbocycles. The van der Waals surface area contributed by atoms with Crippen LogP contribution in [0.15, 0.2) is 84.9 Å². The predicted octanol–water partition coefficient (Wildman–Crippen LogP) is 10.2. The Morgan fingerprint density at radius 1 is 0.605 bits per heavy atom. The van der Waals surface area contributed by atoms with Gasteiger partial charge in [-0.05, 0) is 33.7 Å². The van der Waals surface area contributed by atoms with E-state index >= 15 is 0 Å². The Bertz CT molecular complexity index is 1360. The summed E-state index contributed by atoms with van der Waals surface area (Å²) in [6.07, 6.45) is 0. The molecule has 0 unspecified atom stereocenters. The van der Waals surface area contributed by atoms with Crippen molar-refractivity contribution < 1.29 is 24.3 Å². The molecule has 0 aliphatic rings. The molecule has 1 nitrogen and oxygen atoms in total. The zero-order chi connectivity index (χ0) is 25.1. The first kappa shape index (κ1) is 38.5. The summed E-state index contributed by atoms with van der Waals surface area (Å²) in [7, 11) is 2.97. The summed E-state index contributed by atoms with van der Waals surface area (Å²) in [6.45, 7) is 13.7. The number of phenolic OH excluding ortho intramolecular Hbond substituents is 1. The molecule has 38 heavy (non-hydrogen) atoms. The van der Waals surface area contributed by atoms with Gasteiger partial charge in [0.2, 0.25) is 0 Å². The van der Waals surface area contributed by atoms with Gasteiger partial charge in [0.1, 0.15) is 5.75 Å². The molecule has 204 valence electrons. The average molecular weight is 601 g/mol.